The minimum Gasteiger partial charge on any atom is -0.464 e. The maximum atomic E-state index is 10.9. The number of hydrogen-bond acceptors (Lipinski definition) is 4. The Balaban J connectivity index is 2.90. The van der Waals surface area contributed by atoms with Crippen LogP contribution in [0, 0.1) is 10.1 Å². The molecule has 0 saturated heterocycles. The summed E-state index contributed by atoms with van der Waals surface area (Å²) in [6, 6.07) is 5.90. The number of hydrogen-bond donors (Lipinski definition) is 1. The van der Waals surface area contributed by atoms with Gasteiger partial charge in [-0.2, -0.15) is 0 Å². The molecule has 0 aliphatic rings. The first kappa shape index (κ1) is 12.9. The Hall–Kier alpha value is -2.15. The zero-order valence-electron chi connectivity index (χ0n) is 9.53. The monoisotopic (exact) mass is 239 g/mol. The number of nitrogens with zero attached hydrogens (tertiary/aromatic N) is 3. The molecule has 0 saturated carbocycles. The SMILES string of the molecule is CN(C)N(Cc1cccc([N+](=O)[O-])c1)C(=O)O. The zero-order valence-corrected chi connectivity index (χ0v) is 9.53. The largest absolute Gasteiger partial charge is 0.464 e. The average molecular weight is 239 g/mol. The van der Waals surface area contributed by atoms with Crippen LogP contribution in [0.2, 0.25) is 0 Å². The van der Waals surface area contributed by atoms with Gasteiger partial charge in [0.2, 0.25) is 0 Å². The van der Waals surface area contributed by atoms with E-state index in [0.717, 1.165) is 5.01 Å². The van der Waals surface area contributed by atoms with Gasteiger partial charge in [0, 0.05) is 26.2 Å². The van der Waals surface area contributed by atoms with Crippen molar-refractivity contribution in [1.29, 1.82) is 0 Å². The molecule has 1 aromatic carbocycles. The lowest BCUT2D eigenvalue weighted by Gasteiger charge is -2.25. The number of hydrazine groups is 1. The molecular weight excluding hydrogens is 226 g/mol. The molecule has 0 radical (unpaired) electrons. The Morgan fingerprint density at radius 2 is 2.12 bits per heavy atom. The standard InChI is InChI=1S/C10H13N3O4/c1-11(2)12(10(14)15)7-8-4-3-5-9(6-8)13(16)17/h3-6H,7H2,1-2H3,(H,14,15). The van der Waals surface area contributed by atoms with Crippen molar-refractivity contribution in [3.05, 3.63) is 39.9 Å². The smallest absolute Gasteiger partial charge is 0.422 e. The number of carbonyl (C=O) groups is 1. The molecule has 0 aliphatic carbocycles. The van der Waals surface area contributed by atoms with Crippen LogP contribution in [-0.4, -0.2) is 40.2 Å². The minimum atomic E-state index is -1.11. The van der Waals surface area contributed by atoms with Crippen molar-refractivity contribution in [2.45, 2.75) is 6.54 Å². The lowest BCUT2D eigenvalue weighted by atomic mass is 10.2. The van der Waals surface area contributed by atoms with E-state index in [9.17, 15) is 14.9 Å². The first-order valence-corrected chi connectivity index (χ1v) is 4.83. The first-order chi connectivity index (χ1) is 7.91. The summed E-state index contributed by atoms with van der Waals surface area (Å²) in [5, 5.41) is 22.0. The number of carboxylic acid groups (broad SMARTS) is 1. The summed E-state index contributed by atoms with van der Waals surface area (Å²) in [4.78, 5) is 21.0. The number of nitro groups is 1. The molecule has 17 heavy (non-hydrogen) atoms. The van der Waals surface area contributed by atoms with Crippen molar-refractivity contribution in [3.8, 4) is 0 Å². The highest BCUT2D eigenvalue weighted by Gasteiger charge is 2.15. The lowest BCUT2D eigenvalue weighted by Crippen LogP contribution is -2.40. The molecule has 0 spiro atoms. The molecule has 0 bridgehead atoms. The van der Waals surface area contributed by atoms with E-state index in [1.165, 1.54) is 23.2 Å². The van der Waals surface area contributed by atoms with E-state index >= 15 is 0 Å². The molecule has 7 heteroatoms. The molecule has 1 amide bonds. The van der Waals surface area contributed by atoms with Crippen LogP contribution >= 0.6 is 0 Å². The van der Waals surface area contributed by atoms with Gasteiger partial charge in [0.05, 0.1) is 11.5 Å². The van der Waals surface area contributed by atoms with Crippen molar-refractivity contribution >= 4 is 11.8 Å². The van der Waals surface area contributed by atoms with Crippen LogP contribution < -0.4 is 0 Å². The third-order valence-electron chi connectivity index (χ3n) is 2.16. The molecule has 92 valence electrons. The fourth-order valence-corrected chi connectivity index (χ4v) is 1.32. The molecule has 7 nitrogen and oxygen atoms in total. The predicted octanol–water partition coefficient (Wildman–Crippen LogP) is 1.55. The summed E-state index contributed by atoms with van der Waals surface area (Å²) in [6.45, 7) is 0.0734. The van der Waals surface area contributed by atoms with E-state index < -0.39 is 11.0 Å². The molecule has 0 fully saturated rings. The van der Waals surface area contributed by atoms with Crippen molar-refractivity contribution in [1.82, 2.24) is 10.0 Å². The molecular formula is C10H13N3O4. The van der Waals surface area contributed by atoms with E-state index in [1.54, 1.807) is 20.2 Å². The van der Waals surface area contributed by atoms with E-state index in [0.29, 0.717) is 5.56 Å². The second-order valence-corrected chi connectivity index (χ2v) is 3.61. The number of non-ortho nitro benzene ring substituents is 1. The summed E-state index contributed by atoms with van der Waals surface area (Å²) < 4.78 is 0. The Morgan fingerprint density at radius 1 is 1.47 bits per heavy atom. The highest BCUT2D eigenvalue weighted by molar-refractivity contribution is 5.64. The molecule has 1 N–H and O–H groups in total. The lowest BCUT2D eigenvalue weighted by molar-refractivity contribution is -0.384. The van der Waals surface area contributed by atoms with Gasteiger partial charge in [0.15, 0.2) is 0 Å². The Kier molecular flexibility index (Phi) is 4.00. The molecule has 0 atom stereocenters. The summed E-state index contributed by atoms with van der Waals surface area (Å²) in [7, 11) is 3.18. The second kappa shape index (κ2) is 5.26. The summed E-state index contributed by atoms with van der Waals surface area (Å²) in [5.41, 5.74) is 0.516. The van der Waals surface area contributed by atoms with E-state index in [-0.39, 0.29) is 12.2 Å². The zero-order chi connectivity index (χ0) is 13.0. The number of amides is 1. The van der Waals surface area contributed by atoms with E-state index in [4.69, 9.17) is 5.11 Å². The van der Waals surface area contributed by atoms with Crippen LogP contribution in [0.25, 0.3) is 0 Å². The Bertz CT molecular complexity index is 433. The van der Waals surface area contributed by atoms with Gasteiger partial charge in [-0.25, -0.2) is 14.8 Å². The van der Waals surface area contributed by atoms with E-state index in [2.05, 4.69) is 0 Å². The van der Waals surface area contributed by atoms with Gasteiger partial charge in [-0.3, -0.25) is 10.1 Å². The summed E-state index contributed by atoms with van der Waals surface area (Å²) in [6.07, 6.45) is -1.11. The number of rotatable bonds is 4. The highest BCUT2D eigenvalue weighted by atomic mass is 16.6. The molecule has 1 aromatic rings. The third kappa shape index (κ3) is 3.42. The average Bonchev–Trinajstić information content (AvgIpc) is 2.25. The second-order valence-electron chi connectivity index (χ2n) is 3.61. The normalized spacial score (nSPS) is 10.3. The number of benzene rings is 1. The van der Waals surface area contributed by atoms with Gasteiger partial charge in [-0.15, -0.1) is 0 Å². The molecule has 1 rings (SSSR count). The molecule has 0 unspecified atom stereocenters. The topological polar surface area (TPSA) is 86.9 Å². The van der Waals surface area contributed by atoms with Crippen molar-refractivity contribution < 1.29 is 14.8 Å². The Morgan fingerprint density at radius 3 is 2.59 bits per heavy atom. The van der Waals surface area contributed by atoms with Crippen LogP contribution in [0.3, 0.4) is 0 Å². The van der Waals surface area contributed by atoms with Gasteiger partial charge < -0.3 is 5.11 Å². The van der Waals surface area contributed by atoms with Gasteiger partial charge in [-0.05, 0) is 5.56 Å². The third-order valence-corrected chi connectivity index (χ3v) is 2.16. The minimum absolute atomic E-state index is 0.0494. The fourth-order valence-electron chi connectivity index (χ4n) is 1.32. The van der Waals surface area contributed by atoms with Crippen LogP contribution in [0.15, 0.2) is 24.3 Å². The maximum Gasteiger partial charge on any atom is 0.422 e. The van der Waals surface area contributed by atoms with E-state index in [1.807, 2.05) is 0 Å². The van der Waals surface area contributed by atoms with Crippen molar-refractivity contribution in [2.24, 2.45) is 0 Å². The summed E-state index contributed by atoms with van der Waals surface area (Å²) in [5.74, 6) is 0. The van der Waals surface area contributed by atoms with Crippen molar-refractivity contribution in [2.75, 3.05) is 14.1 Å². The van der Waals surface area contributed by atoms with Gasteiger partial charge in [-0.1, -0.05) is 12.1 Å². The quantitative estimate of drug-likeness (QED) is 0.636. The molecule has 0 heterocycles. The molecule has 0 aliphatic heterocycles. The predicted molar refractivity (Wildman–Crippen MR) is 60.4 cm³/mol. The Labute approximate surface area is 98.0 Å². The maximum absolute atomic E-state index is 10.9. The van der Waals surface area contributed by atoms with Crippen LogP contribution in [0.4, 0.5) is 10.5 Å². The van der Waals surface area contributed by atoms with Crippen molar-refractivity contribution in [3.63, 3.8) is 0 Å². The van der Waals surface area contributed by atoms with Crippen LogP contribution in [0.5, 0.6) is 0 Å². The first-order valence-electron chi connectivity index (χ1n) is 4.83. The fraction of sp³-hybridized carbons (Fsp3) is 0.300. The summed E-state index contributed by atoms with van der Waals surface area (Å²) >= 11 is 0. The van der Waals surface area contributed by atoms with Gasteiger partial charge in [0.25, 0.3) is 5.69 Å². The van der Waals surface area contributed by atoms with Crippen LogP contribution in [0.1, 0.15) is 5.56 Å². The van der Waals surface area contributed by atoms with Gasteiger partial charge >= 0.3 is 6.09 Å². The molecule has 0 aromatic heterocycles. The highest BCUT2D eigenvalue weighted by Crippen LogP contribution is 2.15. The number of nitro benzene ring substituents is 1. The van der Waals surface area contributed by atoms with Gasteiger partial charge in [0.1, 0.15) is 0 Å². The van der Waals surface area contributed by atoms with Crippen LogP contribution in [-0.2, 0) is 6.54 Å².